The number of aliphatic carboxylic acids is 1. The average molecular weight is 553 g/mol. The van der Waals surface area contributed by atoms with Gasteiger partial charge in [0.2, 0.25) is 15.9 Å². The first-order valence-electron chi connectivity index (χ1n) is 13.1. The number of carbonyl (C=O) groups excluding carboxylic acids is 1. The van der Waals surface area contributed by atoms with Crippen LogP contribution in [0.15, 0.2) is 77.7 Å². The molecular formula is C30H33FN2O5S. The van der Waals surface area contributed by atoms with E-state index in [-0.39, 0.29) is 41.0 Å². The predicted molar refractivity (Wildman–Crippen MR) is 147 cm³/mol. The molecule has 0 saturated heterocycles. The number of aryl methyl sites for hydroxylation is 1. The van der Waals surface area contributed by atoms with Crippen molar-refractivity contribution in [2.45, 2.75) is 62.4 Å². The van der Waals surface area contributed by atoms with Gasteiger partial charge < -0.3 is 10.4 Å². The Hall–Kier alpha value is -3.56. The number of carboxylic acids is 1. The summed E-state index contributed by atoms with van der Waals surface area (Å²) < 4.78 is 41.9. The van der Waals surface area contributed by atoms with E-state index >= 15 is 0 Å². The highest BCUT2D eigenvalue weighted by molar-refractivity contribution is 7.89. The smallest absolute Gasteiger partial charge is 0.303 e. The molecule has 1 aliphatic carbocycles. The number of hydrogen-bond donors (Lipinski definition) is 3. The molecule has 1 fully saturated rings. The fraction of sp³-hybridized carbons (Fsp3) is 0.333. The normalized spacial score (nSPS) is 18.3. The van der Waals surface area contributed by atoms with Gasteiger partial charge in [0.25, 0.3) is 0 Å². The number of halogens is 1. The molecule has 3 aromatic carbocycles. The second-order valence-corrected chi connectivity index (χ2v) is 11.8. The molecule has 0 heterocycles. The molecule has 0 aromatic heterocycles. The molecule has 0 bridgehead atoms. The predicted octanol–water partition coefficient (Wildman–Crippen LogP) is 5.22. The Balaban J connectivity index is 1.28. The number of benzene rings is 3. The number of carbonyl (C=O) groups is 2. The SMILES string of the molecule is C[C@@H](NC(=O)C1CCC(NS(=O)(=O)c2ccc(-c3ccc(CCC(=O)O)cc3)cc2)CC1)c1ccc(F)cc1. The van der Waals surface area contributed by atoms with Crippen LogP contribution < -0.4 is 10.0 Å². The minimum absolute atomic E-state index is 0.0707. The van der Waals surface area contributed by atoms with E-state index in [4.69, 9.17) is 5.11 Å². The molecule has 3 aromatic rings. The Kier molecular flexibility index (Phi) is 9.14. The van der Waals surface area contributed by atoms with Crippen LogP contribution in [-0.4, -0.2) is 31.4 Å². The molecule has 0 spiro atoms. The van der Waals surface area contributed by atoms with Crippen molar-refractivity contribution in [3.63, 3.8) is 0 Å². The minimum atomic E-state index is -3.71. The van der Waals surface area contributed by atoms with Gasteiger partial charge >= 0.3 is 5.97 Å². The molecule has 4 rings (SSSR count). The van der Waals surface area contributed by atoms with Crippen LogP contribution in [0.4, 0.5) is 4.39 Å². The van der Waals surface area contributed by atoms with Gasteiger partial charge in [0, 0.05) is 18.4 Å². The lowest BCUT2D eigenvalue weighted by atomic mass is 9.85. The zero-order valence-electron chi connectivity index (χ0n) is 21.8. The van der Waals surface area contributed by atoms with Crippen LogP contribution in [-0.2, 0) is 26.0 Å². The van der Waals surface area contributed by atoms with Gasteiger partial charge in [-0.05, 0) is 85.5 Å². The highest BCUT2D eigenvalue weighted by atomic mass is 32.2. The Morgan fingerprint density at radius 1 is 0.897 bits per heavy atom. The molecule has 39 heavy (non-hydrogen) atoms. The van der Waals surface area contributed by atoms with Gasteiger partial charge in [0.15, 0.2) is 0 Å². The first-order chi connectivity index (χ1) is 18.6. The Morgan fingerprint density at radius 3 is 2.03 bits per heavy atom. The summed E-state index contributed by atoms with van der Waals surface area (Å²) >= 11 is 0. The monoisotopic (exact) mass is 552 g/mol. The Labute approximate surface area is 228 Å². The van der Waals surface area contributed by atoms with Crippen LogP contribution in [0.5, 0.6) is 0 Å². The lowest BCUT2D eigenvalue weighted by Gasteiger charge is -2.29. The van der Waals surface area contributed by atoms with Crippen molar-refractivity contribution in [2.24, 2.45) is 5.92 Å². The van der Waals surface area contributed by atoms with Crippen LogP contribution in [0.25, 0.3) is 11.1 Å². The van der Waals surface area contributed by atoms with Crippen LogP contribution in [0.2, 0.25) is 0 Å². The zero-order valence-corrected chi connectivity index (χ0v) is 22.6. The van der Waals surface area contributed by atoms with Crippen LogP contribution in [0.3, 0.4) is 0 Å². The number of rotatable bonds is 10. The molecule has 0 radical (unpaired) electrons. The lowest BCUT2D eigenvalue weighted by molar-refractivity contribution is -0.137. The second-order valence-electron chi connectivity index (χ2n) is 10.1. The van der Waals surface area contributed by atoms with Gasteiger partial charge in [0.05, 0.1) is 10.9 Å². The van der Waals surface area contributed by atoms with Crippen molar-refractivity contribution in [2.75, 3.05) is 0 Å². The van der Waals surface area contributed by atoms with Gasteiger partial charge in [-0.3, -0.25) is 9.59 Å². The fourth-order valence-corrected chi connectivity index (χ4v) is 6.17. The number of carboxylic acid groups (broad SMARTS) is 1. The van der Waals surface area contributed by atoms with Crippen LogP contribution in [0.1, 0.15) is 56.2 Å². The van der Waals surface area contributed by atoms with Crippen molar-refractivity contribution in [1.82, 2.24) is 10.0 Å². The largest absolute Gasteiger partial charge is 0.481 e. The highest BCUT2D eigenvalue weighted by Gasteiger charge is 2.29. The number of hydrogen-bond acceptors (Lipinski definition) is 4. The van der Waals surface area contributed by atoms with Crippen LogP contribution >= 0.6 is 0 Å². The van der Waals surface area contributed by atoms with Crippen molar-refractivity contribution in [3.8, 4) is 11.1 Å². The van der Waals surface area contributed by atoms with Gasteiger partial charge in [-0.25, -0.2) is 17.5 Å². The third-order valence-corrected chi connectivity index (χ3v) is 8.76. The summed E-state index contributed by atoms with van der Waals surface area (Å²) in [7, 11) is -3.71. The van der Waals surface area contributed by atoms with Crippen molar-refractivity contribution >= 4 is 21.9 Å². The van der Waals surface area contributed by atoms with Gasteiger partial charge in [0.1, 0.15) is 5.82 Å². The second kappa shape index (κ2) is 12.5. The molecule has 9 heteroatoms. The van der Waals surface area contributed by atoms with E-state index in [9.17, 15) is 22.4 Å². The summed E-state index contributed by atoms with van der Waals surface area (Å²) in [5.41, 5.74) is 3.53. The maximum Gasteiger partial charge on any atom is 0.303 e. The Morgan fingerprint density at radius 2 is 1.46 bits per heavy atom. The summed E-state index contributed by atoms with van der Waals surface area (Å²) in [6.45, 7) is 1.85. The van der Waals surface area contributed by atoms with Gasteiger partial charge in [-0.15, -0.1) is 0 Å². The number of amides is 1. The molecule has 7 nitrogen and oxygen atoms in total. The highest BCUT2D eigenvalue weighted by Crippen LogP contribution is 2.28. The topological polar surface area (TPSA) is 113 Å². The van der Waals surface area contributed by atoms with E-state index in [1.807, 2.05) is 31.2 Å². The molecule has 1 atom stereocenters. The zero-order chi connectivity index (χ0) is 28.0. The minimum Gasteiger partial charge on any atom is -0.481 e. The quantitative estimate of drug-likeness (QED) is 0.319. The molecule has 3 N–H and O–H groups in total. The standard InChI is InChI=1S/C30H33FN2O5S/c1-20(22-7-13-26(31)14-8-22)32-30(36)25-9-15-27(16-10-25)33-39(37,38)28-17-11-24(12-18-28)23-5-2-21(3-6-23)4-19-29(34)35/h2-3,5-8,11-14,17-18,20,25,27,33H,4,9-10,15-16,19H2,1H3,(H,32,36)(H,34,35)/t20-,25?,27?/m1/s1. The summed E-state index contributed by atoms with van der Waals surface area (Å²) in [4.78, 5) is 23.7. The Bertz CT molecular complexity index is 1380. The maximum atomic E-state index is 13.2. The van der Waals surface area contributed by atoms with Crippen molar-refractivity contribution in [1.29, 1.82) is 0 Å². The van der Waals surface area contributed by atoms with Crippen molar-refractivity contribution < 1.29 is 27.5 Å². The molecule has 1 amide bonds. The average Bonchev–Trinajstić information content (AvgIpc) is 2.93. The van der Waals surface area contributed by atoms with E-state index in [2.05, 4.69) is 10.0 Å². The summed E-state index contributed by atoms with van der Waals surface area (Å²) in [5, 5.41) is 11.8. The van der Waals surface area contributed by atoms with Gasteiger partial charge in [-0.1, -0.05) is 48.5 Å². The molecule has 1 saturated carbocycles. The fourth-order valence-electron chi connectivity index (χ4n) is 4.87. The number of nitrogens with one attached hydrogen (secondary N) is 2. The van der Waals surface area contributed by atoms with E-state index in [0.29, 0.717) is 32.1 Å². The molecular weight excluding hydrogens is 519 g/mol. The molecule has 206 valence electrons. The summed E-state index contributed by atoms with van der Waals surface area (Å²) in [5.74, 6) is -1.42. The van der Waals surface area contributed by atoms with Crippen molar-refractivity contribution in [3.05, 3.63) is 89.7 Å². The van der Waals surface area contributed by atoms with E-state index in [1.54, 1.807) is 36.4 Å². The number of sulfonamides is 1. The summed E-state index contributed by atoms with van der Waals surface area (Å²) in [6.07, 6.45) is 2.82. The van der Waals surface area contributed by atoms with Gasteiger partial charge in [-0.2, -0.15) is 0 Å². The van der Waals surface area contributed by atoms with E-state index in [0.717, 1.165) is 22.3 Å². The molecule has 0 unspecified atom stereocenters. The first-order valence-corrected chi connectivity index (χ1v) is 14.6. The summed E-state index contributed by atoms with van der Waals surface area (Å²) in [6, 6.07) is 19.8. The maximum absolute atomic E-state index is 13.2. The third-order valence-electron chi connectivity index (χ3n) is 7.23. The van der Waals surface area contributed by atoms with E-state index in [1.165, 1.54) is 12.1 Å². The molecule has 0 aliphatic heterocycles. The third kappa shape index (κ3) is 7.74. The first kappa shape index (κ1) is 28.4. The lowest BCUT2D eigenvalue weighted by Crippen LogP contribution is -2.41. The molecule has 1 aliphatic rings. The van der Waals surface area contributed by atoms with E-state index < -0.39 is 16.0 Å². The van der Waals surface area contributed by atoms with Crippen LogP contribution in [0, 0.1) is 11.7 Å².